The fraction of sp³-hybridized carbons (Fsp3) is 0.476. The normalized spacial score (nSPS) is 15.0. The molecule has 1 amide bonds. The van der Waals surface area contributed by atoms with Gasteiger partial charge in [0.1, 0.15) is 5.75 Å². The number of benzene rings is 1. The zero-order chi connectivity index (χ0) is 19.4. The van der Waals surface area contributed by atoms with E-state index in [1.165, 1.54) is 0 Å². The molecule has 27 heavy (non-hydrogen) atoms. The highest BCUT2D eigenvalue weighted by atomic mass is 16.5. The number of rotatable bonds is 4. The van der Waals surface area contributed by atoms with E-state index in [1.807, 2.05) is 41.3 Å². The van der Waals surface area contributed by atoms with Crippen LogP contribution in [0.1, 0.15) is 27.2 Å². The number of methoxy groups -OCH3 is 1. The lowest BCUT2D eigenvalue weighted by Crippen LogP contribution is -2.49. The minimum atomic E-state index is 0.0235. The fourth-order valence-electron chi connectivity index (χ4n) is 3.18. The molecule has 2 heterocycles. The van der Waals surface area contributed by atoms with Crippen molar-refractivity contribution in [2.45, 2.75) is 27.2 Å². The summed E-state index contributed by atoms with van der Waals surface area (Å²) in [5.74, 6) is 1.89. The highest BCUT2D eigenvalue weighted by molar-refractivity contribution is 5.77. The van der Waals surface area contributed by atoms with Gasteiger partial charge in [0.25, 0.3) is 0 Å². The van der Waals surface area contributed by atoms with Crippen LogP contribution in [0.5, 0.6) is 5.75 Å². The topological polar surface area (TPSA) is 58.6 Å². The number of ether oxygens (including phenoxy) is 1. The number of nitrogens with zero attached hydrogens (tertiary/aromatic N) is 4. The molecule has 2 aromatic rings. The van der Waals surface area contributed by atoms with Gasteiger partial charge in [-0.25, -0.2) is 0 Å². The highest BCUT2D eigenvalue weighted by Gasteiger charge is 2.25. The van der Waals surface area contributed by atoms with E-state index >= 15 is 0 Å². The predicted molar refractivity (Wildman–Crippen MR) is 107 cm³/mol. The molecule has 1 aromatic carbocycles. The van der Waals surface area contributed by atoms with E-state index in [9.17, 15) is 4.79 Å². The summed E-state index contributed by atoms with van der Waals surface area (Å²) in [5.41, 5.74) is 1.82. The molecule has 1 aliphatic heterocycles. The summed E-state index contributed by atoms with van der Waals surface area (Å²) in [6, 6.07) is 11.8. The molecule has 6 heteroatoms. The van der Waals surface area contributed by atoms with Gasteiger partial charge in [0.15, 0.2) is 5.82 Å². The van der Waals surface area contributed by atoms with Crippen molar-refractivity contribution in [3.63, 3.8) is 0 Å². The summed E-state index contributed by atoms with van der Waals surface area (Å²) in [6.45, 7) is 9.32. The Hall–Kier alpha value is -2.63. The van der Waals surface area contributed by atoms with Crippen LogP contribution in [-0.4, -0.2) is 54.3 Å². The third-order valence-electron chi connectivity index (χ3n) is 4.65. The molecule has 0 atom stereocenters. The number of anilines is 1. The number of aromatic nitrogens is 2. The minimum absolute atomic E-state index is 0.0235. The number of piperazine rings is 1. The van der Waals surface area contributed by atoms with Crippen LogP contribution in [0.25, 0.3) is 11.3 Å². The molecule has 6 nitrogen and oxygen atoms in total. The number of carbonyl (C=O) groups is 1. The molecule has 0 saturated carbocycles. The Morgan fingerprint density at radius 1 is 1.07 bits per heavy atom. The Balaban J connectivity index is 1.61. The van der Waals surface area contributed by atoms with Crippen LogP contribution in [0.2, 0.25) is 0 Å². The first-order valence-corrected chi connectivity index (χ1v) is 9.36. The molecule has 0 bridgehead atoms. The lowest BCUT2D eigenvalue weighted by Gasteiger charge is -2.36. The third kappa shape index (κ3) is 4.96. The maximum absolute atomic E-state index is 12.4. The first-order valence-electron chi connectivity index (χ1n) is 9.36. The lowest BCUT2D eigenvalue weighted by atomic mass is 9.91. The van der Waals surface area contributed by atoms with Crippen molar-refractivity contribution in [1.29, 1.82) is 0 Å². The summed E-state index contributed by atoms with van der Waals surface area (Å²) >= 11 is 0. The van der Waals surface area contributed by atoms with E-state index in [-0.39, 0.29) is 11.3 Å². The van der Waals surface area contributed by atoms with Crippen molar-refractivity contribution in [2.24, 2.45) is 5.41 Å². The second kappa shape index (κ2) is 7.94. The molecular formula is C21H28N4O2. The molecule has 1 fully saturated rings. The zero-order valence-corrected chi connectivity index (χ0v) is 16.6. The van der Waals surface area contributed by atoms with Crippen LogP contribution >= 0.6 is 0 Å². The second-order valence-corrected chi connectivity index (χ2v) is 8.11. The van der Waals surface area contributed by atoms with Gasteiger partial charge < -0.3 is 14.5 Å². The number of hydrogen-bond acceptors (Lipinski definition) is 5. The molecule has 1 aromatic heterocycles. The Kier molecular flexibility index (Phi) is 5.63. The van der Waals surface area contributed by atoms with Gasteiger partial charge in [-0.15, -0.1) is 10.2 Å². The quantitative estimate of drug-likeness (QED) is 0.829. The van der Waals surface area contributed by atoms with Crippen LogP contribution in [0.15, 0.2) is 36.4 Å². The van der Waals surface area contributed by atoms with Crippen LogP contribution in [0.3, 0.4) is 0 Å². The molecule has 3 rings (SSSR count). The summed E-state index contributed by atoms with van der Waals surface area (Å²) in [6.07, 6.45) is 0.585. The average molecular weight is 368 g/mol. The second-order valence-electron chi connectivity index (χ2n) is 8.11. The smallest absolute Gasteiger partial charge is 0.223 e. The predicted octanol–water partition coefficient (Wildman–Crippen LogP) is 3.24. The zero-order valence-electron chi connectivity index (χ0n) is 16.6. The van der Waals surface area contributed by atoms with E-state index in [0.717, 1.165) is 49.0 Å². The summed E-state index contributed by atoms with van der Waals surface area (Å²) < 4.78 is 5.27. The maximum atomic E-state index is 12.4. The lowest BCUT2D eigenvalue weighted by molar-refractivity contribution is -0.133. The molecular weight excluding hydrogens is 340 g/mol. The van der Waals surface area contributed by atoms with E-state index in [4.69, 9.17) is 4.74 Å². The van der Waals surface area contributed by atoms with Gasteiger partial charge in [-0.05, 0) is 29.7 Å². The highest BCUT2D eigenvalue weighted by Crippen LogP contribution is 2.24. The molecule has 1 aliphatic rings. The third-order valence-corrected chi connectivity index (χ3v) is 4.65. The molecule has 144 valence electrons. The molecule has 1 saturated heterocycles. The van der Waals surface area contributed by atoms with Crippen molar-refractivity contribution in [2.75, 3.05) is 38.2 Å². The molecule has 0 radical (unpaired) electrons. The summed E-state index contributed by atoms with van der Waals surface area (Å²) in [4.78, 5) is 16.5. The summed E-state index contributed by atoms with van der Waals surface area (Å²) in [7, 11) is 1.65. The van der Waals surface area contributed by atoms with Crippen molar-refractivity contribution in [3.8, 4) is 17.0 Å². The van der Waals surface area contributed by atoms with Crippen molar-refractivity contribution >= 4 is 11.7 Å². The SMILES string of the molecule is COc1cccc(-c2ccc(N3CCN(C(=O)CC(C)(C)C)CC3)nn2)c1. The monoisotopic (exact) mass is 368 g/mol. The fourth-order valence-corrected chi connectivity index (χ4v) is 3.18. The Morgan fingerprint density at radius 2 is 1.81 bits per heavy atom. The van der Waals surface area contributed by atoms with Gasteiger partial charge in [-0.1, -0.05) is 32.9 Å². The Bertz CT molecular complexity index is 776. The number of carbonyl (C=O) groups excluding carboxylic acids is 1. The van der Waals surface area contributed by atoms with Crippen molar-refractivity contribution in [1.82, 2.24) is 15.1 Å². The minimum Gasteiger partial charge on any atom is -0.497 e. The first-order chi connectivity index (χ1) is 12.9. The molecule has 0 aliphatic carbocycles. The van der Waals surface area contributed by atoms with Crippen LogP contribution < -0.4 is 9.64 Å². The van der Waals surface area contributed by atoms with Gasteiger partial charge >= 0.3 is 0 Å². The van der Waals surface area contributed by atoms with Gasteiger partial charge in [-0.2, -0.15) is 0 Å². The van der Waals surface area contributed by atoms with Crippen LogP contribution in [0.4, 0.5) is 5.82 Å². The van der Waals surface area contributed by atoms with Gasteiger partial charge in [0, 0.05) is 38.2 Å². The summed E-state index contributed by atoms with van der Waals surface area (Å²) in [5, 5.41) is 8.77. The van der Waals surface area contributed by atoms with Crippen molar-refractivity contribution in [3.05, 3.63) is 36.4 Å². The maximum Gasteiger partial charge on any atom is 0.223 e. The first kappa shape index (κ1) is 19.1. The Morgan fingerprint density at radius 3 is 2.41 bits per heavy atom. The van der Waals surface area contributed by atoms with Gasteiger partial charge in [-0.3, -0.25) is 4.79 Å². The molecule has 0 unspecified atom stereocenters. The standard InChI is InChI=1S/C21H28N4O2/c1-21(2,3)15-20(26)25-12-10-24(11-13-25)19-9-8-18(22-23-19)16-6-5-7-17(14-16)27-4/h5-9,14H,10-13,15H2,1-4H3. The van der Waals surface area contributed by atoms with Crippen LogP contribution in [-0.2, 0) is 4.79 Å². The van der Waals surface area contributed by atoms with Gasteiger partial charge in [0.2, 0.25) is 5.91 Å². The number of amides is 1. The Labute approximate surface area is 161 Å². The van der Waals surface area contributed by atoms with E-state index in [2.05, 4.69) is 35.9 Å². The largest absolute Gasteiger partial charge is 0.497 e. The van der Waals surface area contributed by atoms with E-state index in [0.29, 0.717) is 6.42 Å². The molecule has 0 N–H and O–H groups in total. The van der Waals surface area contributed by atoms with Gasteiger partial charge in [0.05, 0.1) is 12.8 Å². The van der Waals surface area contributed by atoms with E-state index in [1.54, 1.807) is 7.11 Å². The number of hydrogen-bond donors (Lipinski definition) is 0. The molecule has 0 spiro atoms. The van der Waals surface area contributed by atoms with Crippen molar-refractivity contribution < 1.29 is 9.53 Å². The average Bonchev–Trinajstić information content (AvgIpc) is 2.67. The van der Waals surface area contributed by atoms with E-state index < -0.39 is 0 Å². The van der Waals surface area contributed by atoms with Crippen LogP contribution in [0, 0.1) is 5.41 Å².